The van der Waals surface area contributed by atoms with Gasteiger partial charge in [-0.25, -0.2) is 9.07 Å². The summed E-state index contributed by atoms with van der Waals surface area (Å²) in [5.41, 5.74) is 5.89. The second-order valence-electron chi connectivity index (χ2n) is 5.26. The molecule has 0 aliphatic carbocycles. The van der Waals surface area contributed by atoms with Crippen molar-refractivity contribution in [2.45, 2.75) is 26.7 Å². The first-order chi connectivity index (χ1) is 10.6. The Balaban J connectivity index is 0.00000264. The zero-order chi connectivity index (χ0) is 16.2. The van der Waals surface area contributed by atoms with E-state index in [1.54, 1.807) is 30.6 Å². The molecule has 0 aliphatic heterocycles. The number of aromatic nitrogens is 2. The Hall–Kier alpha value is -1.63. The first-order valence-electron chi connectivity index (χ1n) is 7.37. The van der Waals surface area contributed by atoms with Crippen molar-refractivity contribution in [2.24, 2.45) is 11.1 Å². The Morgan fingerprint density at radius 1 is 1.33 bits per heavy atom. The maximum absolute atomic E-state index is 14.2. The van der Waals surface area contributed by atoms with Crippen LogP contribution in [-0.2, 0) is 4.79 Å². The molecule has 1 aromatic carbocycles. The van der Waals surface area contributed by atoms with Gasteiger partial charge in [0.25, 0.3) is 0 Å². The molecule has 24 heavy (non-hydrogen) atoms. The first kappa shape index (κ1) is 22.4. The fraction of sp³-hybridized carbons (Fsp3) is 0.375. The molecule has 2 aromatic rings. The van der Waals surface area contributed by atoms with Crippen LogP contribution in [0.1, 0.15) is 26.7 Å². The Morgan fingerprint density at radius 3 is 2.46 bits per heavy atom. The second kappa shape index (κ2) is 9.61. The molecule has 1 heterocycles. The molecule has 2 rings (SSSR count). The van der Waals surface area contributed by atoms with Crippen LogP contribution < -0.4 is 11.1 Å². The standard InChI is InChI=1S/C16H21FN4O.2ClH/c1-3-16(4-2,11-18)15(22)20-12-6-7-14(13(17)10-12)21-9-5-8-19-21;;/h5-10H,3-4,11,18H2,1-2H3,(H,20,22);2*1H. The Morgan fingerprint density at radius 2 is 2.00 bits per heavy atom. The summed E-state index contributed by atoms with van der Waals surface area (Å²) in [5.74, 6) is -0.626. The zero-order valence-corrected chi connectivity index (χ0v) is 15.3. The van der Waals surface area contributed by atoms with Crippen LogP contribution in [0.3, 0.4) is 0 Å². The van der Waals surface area contributed by atoms with E-state index in [4.69, 9.17) is 5.73 Å². The molecule has 0 atom stereocenters. The largest absolute Gasteiger partial charge is 0.329 e. The van der Waals surface area contributed by atoms with E-state index in [2.05, 4.69) is 10.4 Å². The average Bonchev–Trinajstić information content (AvgIpc) is 3.04. The number of carbonyl (C=O) groups excluding carboxylic acids is 1. The SMILES string of the molecule is CCC(CC)(CN)C(=O)Nc1ccc(-n2cccn2)c(F)c1.Cl.Cl. The maximum atomic E-state index is 14.2. The van der Waals surface area contributed by atoms with Crippen LogP contribution in [0.15, 0.2) is 36.7 Å². The van der Waals surface area contributed by atoms with E-state index in [9.17, 15) is 9.18 Å². The summed E-state index contributed by atoms with van der Waals surface area (Å²) < 4.78 is 15.6. The van der Waals surface area contributed by atoms with Crippen LogP contribution >= 0.6 is 24.8 Å². The van der Waals surface area contributed by atoms with Crippen molar-refractivity contribution in [2.75, 3.05) is 11.9 Å². The normalized spacial score (nSPS) is 10.5. The van der Waals surface area contributed by atoms with E-state index >= 15 is 0 Å². The predicted octanol–water partition coefficient (Wildman–Crippen LogP) is 3.56. The number of anilines is 1. The second-order valence-corrected chi connectivity index (χ2v) is 5.26. The van der Waals surface area contributed by atoms with Gasteiger partial charge >= 0.3 is 0 Å². The highest BCUT2D eigenvalue weighted by atomic mass is 35.5. The molecule has 0 unspecified atom stereocenters. The number of halogens is 3. The van der Waals surface area contributed by atoms with Crippen molar-refractivity contribution in [3.05, 3.63) is 42.5 Å². The molecule has 0 radical (unpaired) electrons. The molecule has 0 saturated carbocycles. The lowest BCUT2D eigenvalue weighted by Gasteiger charge is -2.28. The Kier molecular flexibility index (Phi) is 8.96. The minimum Gasteiger partial charge on any atom is -0.329 e. The van der Waals surface area contributed by atoms with Gasteiger partial charge in [-0.15, -0.1) is 24.8 Å². The third-order valence-electron chi connectivity index (χ3n) is 4.18. The number of nitrogens with two attached hydrogens (primary N) is 1. The van der Waals surface area contributed by atoms with E-state index < -0.39 is 11.2 Å². The van der Waals surface area contributed by atoms with Crippen LogP contribution in [0.4, 0.5) is 10.1 Å². The van der Waals surface area contributed by atoms with Gasteiger partial charge in [0.05, 0.1) is 5.41 Å². The molecule has 1 aromatic heterocycles. The topological polar surface area (TPSA) is 72.9 Å². The molecule has 0 saturated heterocycles. The van der Waals surface area contributed by atoms with E-state index in [1.165, 1.54) is 10.7 Å². The molecule has 8 heteroatoms. The Labute approximate surface area is 153 Å². The smallest absolute Gasteiger partial charge is 0.231 e. The van der Waals surface area contributed by atoms with Crippen molar-refractivity contribution in [3.63, 3.8) is 0 Å². The van der Waals surface area contributed by atoms with Crippen LogP contribution in [0, 0.1) is 11.2 Å². The number of nitrogens with one attached hydrogen (secondary N) is 1. The quantitative estimate of drug-likeness (QED) is 0.809. The molecule has 0 fully saturated rings. The predicted molar refractivity (Wildman–Crippen MR) is 98.7 cm³/mol. The van der Waals surface area contributed by atoms with Gasteiger partial charge < -0.3 is 11.1 Å². The van der Waals surface area contributed by atoms with Gasteiger partial charge in [-0.3, -0.25) is 4.79 Å². The number of hydrogen-bond donors (Lipinski definition) is 2. The molecule has 5 nitrogen and oxygen atoms in total. The summed E-state index contributed by atoms with van der Waals surface area (Å²) in [6.07, 6.45) is 4.51. The zero-order valence-electron chi connectivity index (χ0n) is 13.7. The molecule has 0 aliphatic rings. The molecular formula is C16H23Cl2FN4O. The number of rotatable bonds is 6. The van der Waals surface area contributed by atoms with Crippen LogP contribution in [0.25, 0.3) is 5.69 Å². The van der Waals surface area contributed by atoms with Gasteiger partial charge in [-0.05, 0) is 37.1 Å². The lowest BCUT2D eigenvalue weighted by Crippen LogP contribution is -2.41. The lowest BCUT2D eigenvalue weighted by molar-refractivity contribution is -0.125. The number of hydrogen-bond acceptors (Lipinski definition) is 3. The van der Waals surface area contributed by atoms with E-state index in [0.717, 1.165) is 0 Å². The number of amides is 1. The highest BCUT2D eigenvalue weighted by molar-refractivity contribution is 5.95. The van der Waals surface area contributed by atoms with Crippen molar-refractivity contribution in [1.82, 2.24) is 9.78 Å². The number of benzene rings is 1. The lowest BCUT2D eigenvalue weighted by atomic mass is 9.81. The van der Waals surface area contributed by atoms with E-state index in [-0.39, 0.29) is 37.3 Å². The highest BCUT2D eigenvalue weighted by Gasteiger charge is 2.33. The molecule has 0 spiro atoms. The van der Waals surface area contributed by atoms with E-state index in [0.29, 0.717) is 24.2 Å². The van der Waals surface area contributed by atoms with Gasteiger partial charge in [0, 0.05) is 24.6 Å². The summed E-state index contributed by atoms with van der Waals surface area (Å²) in [5, 5.41) is 6.75. The highest BCUT2D eigenvalue weighted by Crippen LogP contribution is 2.27. The summed E-state index contributed by atoms with van der Waals surface area (Å²) in [6, 6.07) is 6.25. The third-order valence-corrected chi connectivity index (χ3v) is 4.18. The average molecular weight is 377 g/mol. The Bertz CT molecular complexity index is 637. The minimum absolute atomic E-state index is 0. The maximum Gasteiger partial charge on any atom is 0.231 e. The molecule has 3 N–H and O–H groups in total. The summed E-state index contributed by atoms with van der Waals surface area (Å²) >= 11 is 0. The minimum atomic E-state index is -0.614. The summed E-state index contributed by atoms with van der Waals surface area (Å²) in [6.45, 7) is 4.12. The third kappa shape index (κ3) is 4.47. The molecular weight excluding hydrogens is 354 g/mol. The first-order valence-corrected chi connectivity index (χ1v) is 7.37. The van der Waals surface area contributed by atoms with Crippen molar-refractivity contribution < 1.29 is 9.18 Å². The molecule has 0 bridgehead atoms. The number of nitrogens with zero attached hydrogens (tertiary/aromatic N) is 2. The fourth-order valence-electron chi connectivity index (χ4n) is 2.40. The van der Waals surface area contributed by atoms with Crippen LogP contribution in [-0.4, -0.2) is 22.2 Å². The monoisotopic (exact) mass is 376 g/mol. The molecule has 134 valence electrons. The van der Waals surface area contributed by atoms with Gasteiger partial charge in [-0.2, -0.15) is 5.10 Å². The van der Waals surface area contributed by atoms with E-state index in [1.807, 2.05) is 13.8 Å². The molecule has 1 amide bonds. The van der Waals surface area contributed by atoms with Crippen LogP contribution in [0.2, 0.25) is 0 Å². The van der Waals surface area contributed by atoms with Gasteiger partial charge in [-0.1, -0.05) is 13.8 Å². The van der Waals surface area contributed by atoms with Crippen molar-refractivity contribution in [3.8, 4) is 5.69 Å². The number of carbonyl (C=O) groups is 1. The van der Waals surface area contributed by atoms with Crippen LogP contribution in [0.5, 0.6) is 0 Å². The van der Waals surface area contributed by atoms with Crippen molar-refractivity contribution >= 4 is 36.4 Å². The van der Waals surface area contributed by atoms with Crippen molar-refractivity contribution in [1.29, 1.82) is 0 Å². The van der Waals surface area contributed by atoms with Gasteiger partial charge in [0.1, 0.15) is 5.69 Å². The van der Waals surface area contributed by atoms with Gasteiger partial charge in [0.2, 0.25) is 5.91 Å². The summed E-state index contributed by atoms with van der Waals surface area (Å²) in [7, 11) is 0. The fourth-order valence-corrected chi connectivity index (χ4v) is 2.40. The summed E-state index contributed by atoms with van der Waals surface area (Å²) in [4.78, 5) is 12.4. The van der Waals surface area contributed by atoms with Gasteiger partial charge in [0.15, 0.2) is 5.82 Å².